The van der Waals surface area contributed by atoms with Gasteiger partial charge in [0, 0.05) is 16.2 Å². The first-order valence-corrected chi connectivity index (χ1v) is 10.1. The van der Waals surface area contributed by atoms with Gasteiger partial charge in [-0.15, -0.1) is 11.8 Å². The molecule has 0 amide bonds. The number of carbonyl (C=O) groups excluding carboxylic acids is 1. The van der Waals surface area contributed by atoms with E-state index >= 15 is 0 Å². The first-order chi connectivity index (χ1) is 11.9. The lowest BCUT2D eigenvalue weighted by Crippen LogP contribution is -1.92. The van der Waals surface area contributed by atoms with E-state index in [1.165, 1.54) is 16.7 Å². The van der Waals surface area contributed by atoms with Crippen molar-refractivity contribution in [3.05, 3.63) is 64.8 Å². The van der Waals surface area contributed by atoms with Gasteiger partial charge < -0.3 is 0 Å². The fraction of sp³-hybridized carbons (Fsp3) is 0.409. The topological polar surface area (TPSA) is 17.1 Å². The minimum Gasteiger partial charge on any atom is -0.276 e. The van der Waals surface area contributed by atoms with E-state index in [4.69, 9.17) is 11.6 Å². The monoisotopic (exact) mass is 376 g/mol. The molecule has 0 radical (unpaired) electrons. The number of halogens is 1. The Bertz CT molecular complexity index is 652. The van der Waals surface area contributed by atoms with Gasteiger partial charge in [0.2, 0.25) is 0 Å². The Morgan fingerprint density at radius 1 is 0.960 bits per heavy atom. The highest BCUT2D eigenvalue weighted by Gasteiger charge is 2.07. The normalized spacial score (nSPS) is 12.2. The second-order valence-corrected chi connectivity index (χ2v) is 7.95. The maximum atomic E-state index is 11.4. The zero-order valence-corrected chi connectivity index (χ0v) is 17.3. The molecule has 0 aliphatic carbocycles. The highest BCUT2D eigenvalue weighted by atomic mass is 35.5. The lowest BCUT2D eigenvalue weighted by Gasteiger charge is -2.04. The van der Waals surface area contributed by atoms with Gasteiger partial charge >= 0.3 is 0 Å². The number of allylic oxidation sites excluding steroid dienone is 5. The van der Waals surface area contributed by atoms with Crippen molar-refractivity contribution in [2.45, 2.75) is 58.3 Å². The Kier molecular flexibility index (Phi) is 10.6. The summed E-state index contributed by atoms with van der Waals surface area (Å²) in [6.45, 7) is 8.68. The lowest BCUT2D eigenvalue weighted by atomic mass is 10.1. The molecule has 136 valence electrons. The zero-order chi connectivity index (χ0) is 18.7. The molecular formula is C22H29ClOS. The number of benzene rings is 1. The lowest BCUT2D eigenvalue weighted by molar-refractivity contribution is 0.107. The highest BCUT2D eigenvalue weighted by molar-refractivity contribution is 7.99. The van der Waals surface area contributed by atoms with Gasteiger partial charge in [0.1, 0.15) is 0 Å². The Hall–Kier alpha value is -1.25. The van der Waals surface area contributed by atoms with E-state index in [1.54, 1.807) is 17.8 Å². The smallest absolute Gasteiger partial charge is 0.253 e. The van der Waals surface area contributed by atoms with Crippen molar-refractivity contribution in [1.82, 2.24) is 0 Å². The van der Waals surface area contributed by atoms with Crippen LogP contribution in [0.15, 0.2) is 64.1 Å². The molecule has 0 heterocycles. The van der Waals surface area contributed by atoms with Crippen LogP contribution in [0.2, 0.25) is 0 Å². The van der Waals surface area contributed by atoms with Crippen LogP contribution in [0.4, 0.5) is 0 Å². The van der Waals surface area contributed by atoms with E-state index in [-0.39, 0.29) is 0 Å². The van der Waals surface area contributed by atoms with Crippen LogP contribution in [-0.2, 0) is 0 Å². The molecular weight excluding hydrogens is 348 g/mol. The van der Waals surface area contributed by atoms with Gasteiger partial charge in [0.25, 0.3) is 5.24 Å². The number of carbonyl (C=O) groups is 1. The van der Waals surface area contributed by atoms with Crippen LogP contribution in [0.25, 0.3) is 0 Å². The molecule has 3 heteroatoms. The van der Waals surface area contributed by atoms with Crippen molar-refractivity contribution in [2.24, 2.45) is 0 Å². The van der Waals surface area contributed by atoms with E-state index in [0.29, 0.717) is 5.56 Å². The molecule has 0 aliphatic rings. The van der Waals surface area contributed by atoms with Crippen LogP contribution < -0.4 is 0 Å². The van der Waals surface area contributed by atoms with Gasteiger partial charge in [-0.3, -0.25) is 4.79 Å². The maximum Gasteiger partial charge on any atom is 0.253 e. The average molecular weight is 377 g/mol. The second kappa shape index (κ2) is 12.2. The van der Waals surface area contributed by atoms with Crippen LogP contribution >= 0.6 is 23.4 Å². The van der Waals surface area contributed by atoms with Crippen molar-refractivity contribution in [3.63, 3.8) is 0 Å². The summed E-state index contributed by atoms with van der Waals surface area (Å²) in [5, 5.41) is -0.391. The molecule has 0 aliphatic heterocycles. The molecule has 0 saturated heterocycles. The van der Waals surface area contributed by atoms with E-state index < -0.39 is 5.24 Å². The Balaban J connectivity index is 2.39. The van der Waals surface area contributed by atoms with Crippen LogP contribution in [0, 0.1) is 0 Å². The fourth-order valence-electron chi connectivity index (χ4n) is 2.37. The predicted molar refractivity (Wildman–Crippen MR) is 113 cm³/mol. The SMILES string of the molecule is CC(C)=CCCC(C)=CCCC(C)=CCSc1ccccc1C(=O)Cl. The summed E-state index contributed by atoms with van der Waals surface area (Å²) >= 11 is 7.28. The van der Waals surface area contributed by atoms with Crippen molar-refractivity contribution < 1.29 is 4.79 Å². The summed E-state index contributed by atoms with van der Waals surface area (Å²) in [6.07, 6.45) is 11.3. The molecule has 1 rings (SSSR count). The molecule has 0 spiro atoms. The standard InChI is InChI=1S/C22H29ClOS/c1-17(2)9-7-10-18(3)11-8-12-19(4)15-16-25-21-14-6-5-13-20(21)22(23)24/h5-6,9,11,13-15H,7-8,10,12,16H2,1-4H3. The summed E-state index contributed by atoms with van der Waals surface area (Å²) in [6, 6.07) is 7.50. The van der Waals surface area contributed by atoms with E-state index in [9.17, 15) is 4.79 Å². The maximum absolute atomic E-state index is 11.4. The van der Waals surface area contributed by atoms with Gasteiger partial charge in [0.05, 0.1) is 0 Å². The molecule has 0 saturated carbocycles. The summed E-state index contributed by atoms with van der Waals surface area (Å²) in [4.78, 5) is 12.4. The highest BCUT2D eigenvalue weighted by Crippen LogP contribution is 2.24. The minimum absolute atomic E-state index is 0.391. The molecule has 0 N–H and O–H groups in total. The number of thioether (sulfide) groups is 1. The van der Waals surface area contributed by atoms with E-state index in [2.05, 4.69) is 45.9 Å². The average Bonchev–Trinajstić information content (AvgIpc) is 2.54. The van der Waals surface area contributed by atoms with Crippen LogP contribution in [0.5, 0.6) is 0 Å². The Morgan fingerprint density at radius 2 is 1.56 bits per heavy atom. The van der Waals surface area contributed by atoms with Crippen molar-refractivity contribution >= 4 is 28.6 Å². The molecule has 0 fully saturated rings. The summed E-state index contributed by atoms with van der Waals surface area (Å²) in [5.74, 6) is 0.857. The first-order valence-electron chi connectivity index (χ1n) is 8.76. The van der Waals surface area contributed by atoms with Crippen molar-refractivity contribution in [1.29, 1.82) is 0 Å². The van der Waals surface area contributed by atoms with Gasteiger partial charge in [-0.25, -0.2) is 0 Å². The summed E-state index contributed by atoms with van der Waals surface area (Å²) in [5.41, 5.74) is 4.83. The van der Waals surface area contributed by atoms with Crippen LogP contribution in [0.1, 0.15) is 63.7 Å². The quantitative estimate of drug-likeness (QED) is 0.238. The molecule has 1 nitrogen and oxygen atoms in total. The molecule has 0 atom stereocenters. The number of hydrogen-bond acceptors (Lipinski definition) is 2. The van der Waals surface area contributed by atoms with Crippen molar-refractivity contribution in [3.8, 4) is 0 Å². The molecule has 0 bridgehead atoms. The zero-order valence-electron chi connectivity index (χ0n) is 15.8. The van der Waals surface area contributed by atoms with E-state index in [1.807, 2.05) is 18.2 Å². The summed E-state index contributed by atoms with van der Waals surface area (Å²) < 4.78 is 0. The predicted octanol–water partition coefficient (Wildman–Crippen LogP) is 7.58. The van der Waals surface area contributed by atoms with Crippen molar-refractivity contribution in [2.75, 3.05) is 5.75 Å². The molecule has 0 unspecified atom stereocenters. The second-order valence-electron chi connectivity index (χ2n) is 6.54. The summed E-state index contributed by atoms with van der Waals surface area (Å²) in [7, 11) is 0. The third kappa shape index (κ3) is 9.72. The fourth-order valence-corrected chi connectivity index (χ4v) is 3.63. The Labute approximate surface area is 162 Å². The molecule has 25 heavy (non-hydrogen) atoms. The number of hydrogen-bond donors (Lipinski definition) is 0. The molecule has 0 aromatic heterocycles. The first kappa shape index (κ1) is 21.8. The Morgan fingerprint density at radius 3 is 2.20 bits per heavy atom. The number of rotatable bonds is 10. The third-order valence-electron chi connectivity index (χ3n) is 3.89. The van der Waals surface area contributed by atoms with E-state index in [0.717, 1.165) is 36.3 Å². The van der Waals surface area contributed by atoms with Gasteiger partial charge in [-0.05, 0) is 77.1 Å². The molecule has 1 aromatic carbocycles. The largest absolute Gasteiger partial charge is 0.276 e. The molecule has 1 aromatic rings. The van der Waals surface area contributed by atoms with Crippen LogP contribution in [-0.4, -0.2) is 11.0 Å². The van der Waals surface area contributed by atoms with Gasteiger partial charge in [-0.1, -0.05) is 47.1 Å². The van der Waals surface area contributed by atoms with Crippen LogP contribution in [0.3, 0.4) is 0 Å². The van der Waals surface area contributed by atoms with Gasteiger partial charge in [-0.2, -0.15) is 0 Å². The third-order valence-corrected chi connectivity index (χ3v) is 5.10. The minimum atomic E-state index is -0.391. The van der Waals surface area contributed by atoms with Gasteiger partial charge in [0.15, 0.2) is 0 Å².